The van der Waals surface area contributed by atoms with Crippen LogP contribution in [0.1, 0.15) is 72.6 Å². The molecule has 0 saturated heterocycles. The Hall–Kier alpha value is -1.20. The number of methoxy groups -OCH3 is 1. The first kappa shape index (κ1) is 23.9. The van der Waals surface area contributed by atoms with Gasteiger partial charge in [-0.05, 0) is 55.3 Å². The third-order valence-corrected chi connectivity index (χ3v) is 10.0. The molecule has 180 valence electrons. The number of fused-ring (bicyclic) bond motifs is 2. The molecule has 8 atom stereocenters. The molecule has 0 spiro atoms. The van der Waals surface area contributed by atoms with E-state index >= 15 is 0 Å². The summed E-state index contributed by atoms with van der Waals surface area (Å²) >= 11 is 0. The monoisotopic (exact) mass is 446 g/mol. The zero-order valence-electron chi connectivity index (χ0n) is 20.6. The van der Waals surface area contributed by atoms with E-state index in [1.165, 1.54) is 12.8 Å². The van der Waals surface area contributed by atoms with Crippen LogP contribution in [0.4, 0.5) is 0 Å². The summed E-state index contributed by atoms with van der Waals surface area (Å²) in [6.45, 7) is 9.69. The molecule has 0 radical (unpaired) electrons. The van der Waals surface area contributed by atoms with Crippen LogP contribution < -0.4 is 0 Å². The fourth-order valence-electron chi connectivity index (χ4n) is 8.78. The summed E-state index contributed by atoms with van der Waals surface area (Å²) in [4.78, 5) is 26.5. The minimum atomic E-state index is -1.16. The molecular weight excluding hydrogens is 404 g/mol. The number of carbonyl (C=O) groups is 2. The Morgan fingerprint density at radius 2 is 2.03 bits per heavy atom. The Morgan fingerprint density at radius 3 is 2.62 bits per heavy atom. The number of carboxylic acids is 1. The summed E-state index contributed by atoms with van der Waals surface area (Å²) in [5.74, 6) is 0.0433. The fourth-order valence-corrected chi connectivity index (χ4v) is 8.78. The van der Waals surface area contributed by atoms with Crippen molar-refractivity contribution in [1.82, 2.24) is 0 Å². The lowest BCUT2D eigenvalue weighted by Crippen LogP contribution is -2.63. The number of hydrogen-bond acceptors (Lipinski definition) is 4. The molecule has 4 aliphatic rings. The van der Waals surface area contributed by atoms with Gasteiger partial charge in [0.1, 0.15) is 11.7 Å². The van der Waals surface area contributed by atoms with Gasteiger partial charge in [0.2, 0.25) is 0 Å². The molecule has 4 aliphatic carbocycles. The van der Waals surface area contributed by atoms with E-state index in [4.69, 9.17) is 9.47 Å². The third-order valence-electron chi connectivity index (χ3n) is 10.0. The molecule has 3 saturated carbocycles. The number of carbonyl (C=O) groups excluding carboxylic acids is 1. The van der Waals surface area contributed by atoms with Crippen LogP contribution in [-0.2, 0) is 19.1 Å². The highest BCUT2D eigenvalue weighted by Crippen LogP contribution is 2.82. The van der Waals surface area contributed by atoms with Crippen LogP contribution in [0, 0.1) is 45.8 Å². The Kier molecular flexibility index (Phi) is 6.39. The largest absolute Gasteiger partial charge is 0.481 e. The summed E-state index contributed by atoms with van der Waals surface area (Å²) in [7, 11) is 1.75. The highest BCUT2D eigenvalue weighted by atomic mass is 16.5. The maximum Gasteiger partial charge on any atom is 0.315 e. The Balaban J connectivity index is 1.77. The molecule has 0 aromatic heterocycles. The average molecular weight is 447 g/mol. The number of hydrogen-bond donors (Lipinski definition) is 1. The molecule has 0 amide bonds. The Bertz CT molecular complexity index is 774. The summed E-state index contributed by atoms with van der Waals surface area (Å²) in [5.41, 5.74) is -1.60. The predicted molar refractivity (Wildman–Crippen MR) is 123 cm³/mol. The first-order chi connectivity index (χ1) is 15.3. The van der Waals surface area contributed by atoms with Gasteiger partial charge in [-0.2, -0.15) is 0 Å². The molecule has 0 aromatic carbocycles. The van der Waals surface area contributed by atoms with Gasteiger partial charge >= 0.3 is 5.97 Å². The highest BCUT2D eigenvalue weighted by molar-refractivity contribution is 5.90. The van der Waals surface area contributed by atoms with Crippen molar-refractivity contribution in [3.63, 3.8) is 0 Å². The van der Waals surface area contributed by atoms with Gasteiger partial charge in [-0.15, -0.1) is 0 Å². The normalized spacial score (nSPS) is 44.1. The first-order valence-corrected chi connectivity index (χ1v) is 12.8. The van der Waals surface area contributed by atoms with E-state index in [2.05, 4.69) is 33.8 Å². The molecule has 5 nitrogen and oxygen atoms in total. The minimum Gasteiger partial charge on any atom is -0.481 e. The smallest absolute Gasteiger partial charge is 0.315 e. The first-order valence-electron chi connectivity index (χ1n) is 12.8. The van der Waals surface area contributed by atoms with Crippen molar-refractivity contribution >= 4 is 12.3 Å². The topological polar surface area (TPSA) is 72.8 Å². The van der Waals surface area contributed by atoms with Crippen molar-refractivity contribution in [1.29, 1.82) is 0 Å². The standard InChI is InChI=1S/C27H42O5/c1-6-7-8-9-10-32-16-26-14-20-18(4)23(31-5)12-22(20)25(15-28)13-19(26)11-21(17(2)3)27(25,26)24(29)30/h11,15,17-20,22-23H,6-10,12-14,16H2,1-5H3,(H,29,30)/t18-,19?,20+,22+,23-,25?,26?,27-/m0/s1. The molecule has 1 N–H and O–H groups in total. The zero-order valence-corrected chi connectivity index (χ0v) is 20.6. The van der Waals surface area contributed by atoms with Gasteiger partial charge in [-0.3, -0.25) is 4.79 Å². The predicted octanol–water partition coefficient (Wildman–Crippen LogP) is 5.13. The van der Waals surface area contributed by atoms with Crippen molar-refractivity contribution in [3.05, 3.63) is 11.6 Å². The van der Waals surface area contributed by atoms with Crippen molar-refractivity contribution < 1.29 is 24.2 Å². The molecule has 0 aliphatic heterocycles. The van der Waals surface area contributed by atoms with Gasteiger partial charge in [-0.25, -0.2) is 0 Å². The van der Waals surface area contributed by atoms with Crippen LogP contribution in [0.15, 0.2) is 11.6 Å². The molecular formula is C27H42O5. The second-order valence-electron chi connectivity index (χ2n) is 11.4. The Labute approximate surface area is 193 Å². The molecule has 0 heterocycles. The minimum absolute atomic E-state index is 0.0566. The van der Waals surface area contributed by atoms with Crippen LogP contribution in [-0.4, -0.2) is 43.8 Å². The van der Waals surface area contributed by atoms with Crippen LogP contribution in [0.3, 0.4) is 0 Å². The summed E-state index contributed by atoms with van der Waals surface area (Å²) in [5, 5.41) is 11.0. The van der Waals surface area contributed by atoms with Gasteiger partial charge in [-0.1, -0.05) is 58.6 Å². The molecule has 32 heavy (non-hydrogen) atoms. The lowest BCUT2D eigenvalue weighted by Gasteiger charge is -2.58. The maximum atomic E-state index is 13.4. The van der Waals surface area contributed by atoms with Crippen LogP contribution in [0.2, 0.25) is 0 Å². The van der Waals surface area contributed by atoms with E-state index < -0.39 is 22.2 Å². The zero-order chi connectivity index (χ0) is 23.3. The van der Waals surface area contributed by atoms with E-state index in [9.17, 15) is 14.7 Å². The van der Waals surface area contributed by atoms with Gasteiger partial charge in [0, 0.05) is 19.1 Å². The van der Waals surface area contributed by atoms with E-state index in [1.807, 2.05) is 0 Å². The van der Waals surface area contributed by atoms with E-state index in [1.54, 1.807) is 7.11 Å². The number of aliphatic carboxylic acids is 1. The SMILES string of the molecule is CCCCCCOCC12C[C@@H]3[C@H](C)[C@@H](OC)C[C@H]3C3(C=O)CC1C=C(C(C)C)[C@@]23C(=O)O. The van der Waals surface area contributed by atoms with Crippen molar-refractivity contribution in [3.8, 4) is 0 Å². The maximum absolute atomic E-state index is 13.4. The van der Waals surface area contributed by atoms with Gasteiger partial charge < -0.3 is 19.4 Å². The average Bonchev–Trinajstić information content (AvgIpc) is 3.30. The highest BCUT2D eigenvalue weighted by Gasteiger charge is 2.84. The lowest BCUT2D eigenvalue weighted by atomic mass is 9.43. The number of ether oxygens (including phenoxy) is 2. The quantitative estimate of drug-likeness (QED) is 0.270. The van der Waals surface area contributed by atoms with Crippen molar-refractivity contribution in [2.75, 3.05) is 20.3 Å². The molecule has 3 unspecified atom stereocenters. The number of rotatable bonds is 11. The summed E-state index contributed by atoms with van der Waals surface area (Å²) in [6, 6.07) is 0. The molecule has 4 rings (SSSR count). The molecule has 3 fully saturated rings. The lowest BCUT2D eigenvalue weighted by molar-refractivity contribution is -0.186. The molecule has 4 bridgehead atoms. The number of unbranched alkanes of at least 4 members (excludes halogenated alkanes) is 3. The number of aldehydes is 1. The summed E-state index contributed by atoms with van der Waals surface area (Å²) < 4.78 is 12.1. The summed E-state index contributed by atoms with van der Waals surface area (Å²) in [6.07, 6.45) is 10.1. The number of allylic oxidation sites excluding steroid dienone is 1. The van der Waals surface area contributed by atoms with E-state index in [0.29, 0.717) is 31.5 Å². The second kappa shape index (κ2) is 8.54. The Morgan fingerprint density at radius 1 is 1.28 bits per heavy atom. The fraction of sp³-hybridized carbons (Fsp3) is 0.852. The van der Waals surface area contributed by atoms with Gasteiger partial charge in [0.05, 0.1) is 18.1 Å². The molecule has 5 heteroatoms. The van der Waals surface area contributed by atoms with Gasteiger partial charge in [0.25, 0.3) is 0 Å². The van der Waals surface area contributed by atoms with Crippen molar-refractivity contribution in [2.24, 2.45) is 45.8 Å². The van der Waals surface area contributed by atoms with Crippen LogP contribution in [0.5, 0.6) is 0 Å². The number of carboxylic acid groups (broad SMARTS) is 1. The van der Waals surface area contributed by atoms with E-state index in [-0.39, 0.29) is 23.9 Å². The van der Waals surface area contributed by atoms with Crippen LogP contribution >= 0.6 is 0 Å². The van der Waals surface area contributed by atoms with E-state index in [0.717, 1.165) is 37.5 Å². The van der Waals surface area contributed by atoms with Crippen LogP contribution in [0.25, 0.3) is 0 Å². The van der Waals surface area contributed by atoms with Crippen molar-refractivity contribution in [2.45, 2.75) is 78.7 Å². The third kappa shape index (κ3) is 2.82. The molecule has 0 aromatic rings. The second-order valence-corrected chi connectivity index (χ2v) is 11.4. The van der Waals surface area contributed by atoms with Gasteiger partial charge in [0.15, 0.2) is 0 Å².